The number of aliphatic imine (C=N–C) groups is 1. The second-order valence-corrected chi connectivity index (χ2v) is 5.42. The lowest BCUT2D eigenvalue weighted by Gasteiger charge is -2.33. The van der Waals surface area contributed by atoms with Crippen molar-refractivity contribution in [3.05, 3.63) is 0 Å². The molecule has 1 aliphatic heterocycles. The van der Waals surface area contributed by atoms with Crippen LogP contribution in [-0.2, 0) is 4.74 Å². The van der Waals surface area contributed by atoms with Gasteiger partial charge in [-0.1, -0.05) is 13.8 Å². The van der Waals surface area contributed by atoms with Gasteiger partial charge in [-0.2, -0.15) is 0 Å². The van der Waals surface area contributed by atoms with Gasteiger partial charge in [0.25, 0.3) is 0 Å². The summed E-state index contributed by atoms with van der Waals surface area (Å²) in [5, 5.41) is 0. The topological polar surface area (TPSA) is 21.6 Å². The van der Waals surface area contributed by atoms with Crippen molar-refractivity contribution in [2.45, 2.75) is 53.0 Å². The van der Waals surface area contributed by atoms with E-state index < -0.39 is 0 Å². The van der Waals surface area contributed by atoms with E-state index in [2.05, 4.69) is 39.6 Å². The molecule has 0 spiro atoms. The molecule has 0 aromatic rings. The van der Waals surface area contributed by atoms with Crippen LogP contribution in [-0.4, -0.2) is 18.0 Å². The molecule has 2 nitrogen and oxygen atoms in total. The Morgan fingerprint density at radius 2 is 1.92 bits per heavy atom. The van der Waals surface area contributed by atoms with Crippen LogP contribution in [0.1, 0.15) is 47.5 Å². The fourth-order valence-electron chi connectivity index (χ4n) is 1.47. The molecule has 1 fully saturated rings. The minimum absolute atomic E-state index is 0.0239. The molecule has 0 amide bonds. The quantitative estimate of drug-likeness (QED) is 0.565. The first kappa shape index (κ1) is 10.6. The standard InChI is InChI=1S/C11H21NO/c1-10(2,3)12-9-11(4,5)7-6-8-13-9/h6-8H2,1-5H3. The van der Waals surface area contributed by atoms with Gasteiger partial charge in [0.2, 0.25) is 0 Å². The fraction of sp³-hybridized carbons (Fsp3) is 0.909. The summed E-state index contributed by atoms with van der Waals surface area (Å²) in [4.78, 5) is 4.62. The molecule has 1 rings (SSSR count). The molecule has 76 valence electrons. The van der Waals surface area contributed by atoms with Crippen molar-refractivity contribution in [3.8, 4) is 0 Å². The average molecular weight is 183 g/mol. The molecule has 2 heteroatoms. The van der Waals surface area contributed by atoms with Gasteiger partial charge in [0.05, 0.1) is 12.1 Å². The van der Waals surface area contributed by atoms with E-state index in [1.54, 1.807) is 0 Å². The van der Waals surface area contributed by atoms with Crippen LogP contribution >= 0.6 is 0 Å². The summed E-state index contributed by atoms with van der Waals surface area (Å²) >= 11 is 0. The van der Waals surface area contributed by atoms with Gasteiger partial charge in [-0.15, -0.1) is 0 Å². The molecule has 1 heterocycles. The summed E-state index contributed by atoms with van der Waals surface area (Å²) < 4.78 is 5.62. The Morgan fingerprint density at radius 1 is 1.31 bits per heavy atom. The molecule has 0 aromatic carbocycles. The smallest absolute Gasteiger partial charge is 0.189 e. The highest BCUT2D eigenvalue weighted by Gasteiger charge is 2.31. The Bertz CT molecular complexity index is 211. The summed E-state index contributed by atoms with van der Waals surface area (Å²) in [5.74, 6) is 0.936. The van der Waals surface area contributed by atoms with Gasteiger partial charge in [-0.3, -0.25) is 0 Å². The van der Waals surface area contributed by atoms with E-state index in [0.717, 1.165) is 18.9 Å². The lowest BCUT2D eigenvalue weighted by molar-refractivity contribution is 0.186. The van der Waals surface area contributed by atoms with Crippen molar-refractivity contribution in [2.24, 2.45) is 10.4 Å². The Labute approximate surface area is 81.4 Å². The van der Waals surface area contributed by atoms with E-state index in [-0.39, 0.29) is 11.0 Å². The number of nitrogens with zero attached hydrogens (tertiary/aromatic N) is 1. The molecule has 0 radical (unpaired) electrons. The minimum atomic E-state index is -0.0239. The minimum Gasteiger partial charge on any atom is -0.481 e. The number of hydrogen-bond acceptors (Lipinski definition) is 2. The van der Waals surface area contributed by atoms with Crippen LogP contribution in [0, 0.1) is 5.41 Å². The van der Waals surface area contributed by atoms with Gasteiger partial charge in [-0.25, -0.2) is 4.99 Å². The van der Waals surface area contributed by atoms with E-state index in [4.69, 9.17) is 4.74 Å². The molecular formula is C11H21NO. The van der Waals surface area contributed by atoms with Crippen molar-refractivity contribution in [1.29, 1.82) is 0 Å². The lowest BCUT2D eigenvalue weighted by atomic mass is 9.85. The highest BCUT2D eigenvalue weighted by molar-refractivity contribution is 5.82. The van der Waals surface area contributed by atoms with Crippen LogP contribution in [0.4, 0.5) is 0 Å². The first-order chi connectivity index (χ1) is 5.81. The third kappa shape index (κ3) is 3.02. The number of rotatable bonds is 0. The maximum atomic E-state index is 5.62. The Kier molecular flexibility index (Phi) is 2.69. The Morgan fingerprint density at radius 3 is 2.38 bits per heavy atom. The lowest BCUT2D eigenvalue weighted by Crippen LogP contribution is -2.34. The molecule has 0 unspecified atom stereocenters. The van der Waals surface area contributed by atoms with E-state index in [1.165, 1.54) is 6.42 Å². The van der Waals surface area contributed by atoms with Gasteiger partial charge in [0, 0.05) is 5.41 Å². The van der Waals surface area contributed by atoms with Gasteiger partial charge in [0.15, 0.2) is 5.90 Å². The van der Waals surface area contributed by atoms with Crippen LogP contribution in [0.25, 0.3) is 0 Å². The van der Waals surface area contributed by atoms with Crippen molar-refractivity contribution >= 4 is 5.90 Å². The van der Waals surface area contributed by atoms with Gasteiger partial charge < -0.3 is 4.74 Å². The van der Waals surface area contributed by atoms with Gasteiger partial charge in [0.1, 0.15) is 0 Å². The Hall–Kier alpha value is -0.530. The van der Waals surface area contributed by atoms with E-state index in [1.807, 2.05) is 0 Å². The van der Waals surface area contributed by atoms with Crippen LogP contribution in [0.15, 0.2) is 4.99 Å². The first-order valence-corrected chi connectivity index (χ1v) is 5.04. The molecule has 0 N–H and O–H groups in total. The maximum absolute atomic E-state index is 5.62. The second-order valence-electron chi connectivity index (χ2n) is 5.42. The molecular weight excluding hydrogens is 162 g/mol. The summed E-state index contributed by atoms with van der Waals surface area (Å²) in [6.07, 6.45) is 2.33. The largest absolute Gasteiger partial charge is 0.481 e. The summed E-state index contributed by atoms with van der Waals surface area (Å²) in [6.45, 7) is 11.6. The SMILES string of the molecule is CC(C)(C)N=C1OCCCC1(C)C. The predicted molar refractivity (Wildman–Crippen MR) is 56.2 cm³/mol. The summed E-state index contributed by atoms with van der Waals surface area (Å²) in [7, 11) is 0. The fourth-order valence-corrected chi connectivity index (χ4v) is 1.47. The zero-order valence-electron chi connectivity index (χ0n) is 9.48. The van der Waals surface area contributed by atoms with E-state index >= 15 is 0 Å². The van der Waals surface area contributed by atoms with Crippen molar-refractivity contribution in [3.63, 3.8) is 0 Å². The first-order valence-electron chi connectivity index (χ1n) is 5.04. The molecule has 13 heavy (non-hydrogen) atoms. The van der Waals surface area contributed by atoms with Crippen LogP contribution in [0.3, 0.4) is 0 Å². The monoisotopic (exact) mass is 183 g/mol. The highest BCUT2D eigenvalue weighted by Crippen LogP contribution is 2.30. The third-order valence-electron chi connectivity index (χ3n) is 2.20. The van der Waals surface area contributed by atoms with Crippen molar-refractivity contribution < 1.29 is 4.74 Å². The molecule has 1 aliphatic rings. The zero-order valence-corrected chi connectivity index (χ0v) is 9.48. The predicted octanol–water partition coefficient (Wildman–Crippen LogP) is 3.02. The zero-order chi connectivity index (χ0) is 10.1. The van der Waals surface area contributed by atoms with Crippen molar-refractivity contribution in [1.82, 2.24) is 0 Å². The van der Waals surface area contributed by atoms with Crippen molar-refractivity contribution in [2.75, 3.05) is 6.61 Å². The molecule has 0 bridgehead atoms. The van der Waals surface area contributed by atoms with E-state index in [0.29, 0.717) is 0 Å². The molecule has 0 aliphatic carbocycles. The number of hydrogen-bond donors (Lipinski definition) is 0. The molecule has 1 saturated heterocycles. The number of ether oxygens (including phenoxy) is 1. The molecule has 0 saturated carbocycles. The van der Waals surface area contributed by atoms with E-state index in [9.17, 15) is 0 Å². The van der Waals surface area contributed by atoms with Gasteiger partial charge >= 0.3 is 0 Å². The summed E-state index contributed by atoms with van der Waals surface area (Å²) in [5.41, 5.74) is 0.107. The second kappa shape index (κ2) is 3.32. The maximum Gasteiger partial charge on any atom is 0.189 e. The van der Waals surface area contributed by atoms with Gasteiger partial charge in [-0.05, 0) is 33.6 Å². The van der Waals surface area contributed by atoms with Crippen LogP contribution in [0.2, 0.25) is 0 Å². The highest BCUT2D eigenvalue weighted by atomic mass is 16.5. The Balaban J connectivity index is 2.82. The van der Waals surface area contributed by atoms with Crippen LogP contribution in [0.5, 0.6) is 0 Å². The normalized spacial score (nSPS) is 25.8. The summed E-state index contributed by atoms with van der Waals surface area (Å²) in [6, 6.07) is 0. The van der Waals surface area contributed by atoms with Crippen LogP contribution < -0.4 is 0 Å². The average Bonchev–Trinajstić information content (AvgIpc) is 1.91. The third-order valence-corrected chi connectivity index (χ3v) is 2.20. The molecule has 0 aromatic heterocycles. The molecule has 0 atom stereocenters.